The molecule has 0 spiro atoms. The van der Waals surface area contributed by atoms with E-state index in [0.29, 0.717) is 12.0 Å². The first kappa shape index (κ1) is 12.2. The molecule has 2 nitrogen and oxygen atoms in total. The highest BCUT2D eigenvalue weighted by Gasteiger charge is 2.06. The van der Waals surface area contributed by atoms with Gasteiger partial charge < -0.3 is 5.32 Å². The maximum atomic E-state index is 13.4. The molecule has 4 heteroatoms. The lowest BCUT2D eigenvalue weighted by molar-refractivity contribution is 0.613. The molecule has 1 aromatic heterocycles. The predicted octanol–water partition coefficient (Wildman–Crippen LogP) is 2.98. The van der Waals surface area contributed by atoms with Crippen molar-refractivity contribution in [1.82, 2.24) is 10.3 Å². The Hall–Kier alpha value is -1.26. The summed E-state index contributed by atoms with van der Waals surface area (Å²) in [6.45, 7) is 3.77. The van der Waals surface area contributed by atoms with Gasteiger partial charge in [0.15, 0.2) is 0 Å². The molecule has 2 aromatic rings. The molecule has 2 rings (SSSR count). The van der Waals surface area contributed by atoms with E-state index < -0.39 is 0 Å². The van der Waals surface area contributed by atoms with Crippen molar-refractivity contribution in [2.75, 3.05) is 6.54 Å². The Morgan fingerprint density at radius 1 is 1.35 bits per heavy atom. The molecule has 0 unspecified atom stereocenters. The molecule has 0 radical (unpaired) electrons. The second kappa shape index (κ2) is 5.89. The number of halogens is 1. The normalized spacial score (nSPS) is 10.7. The molecule has 17 heavy (non-hydrogen) atoms. The number of benzene rings is 1. The summed E-state index contributed by atoms with van der Waals surface area (Å²) in [5, 5.41) is 6.21. The van der Waals surface area contributed by atoms with Crippen LogP contribution >= 0.6 is 11.3 Å². The van der Waals surface area contributed by atoms with Crippen molar-refractivity contribution < 1.29 is 4.39 Å². The van der Waals surface area contributed by atoms with E-state index in [1.807, 2.05) is 11.4 Å². The summed E-state index contributed by atoms with van der Waals surface area (Å²) in [6.07, 6.45) is 0.573. The lowest BCUT2D eigenvalue weighted by Crippen LogP contribution is -2.11. The van der Waals surface area contributed by atoms with Crippen molar-refractivity contribution in [3.05, 3.63) is 51.7 Å². The fraction of sp³-hybridized carbons (Fsp3) is 0.308. The minimum atomic E-state index is -0.157. The number of rotatable bonds is 5. The van der Waals surface area contributed by atoms with Gasteiger partial charge in [-0.2, -0.15) is 0 Å². The zero-order chi connectivity index (χ0) is 12.1. The second-order valence-electron chi connectivity index (χ2n) is 3.78. The molecule has 0 atom stereocenters. The predicted molar refractivity (Wildman–Crippen MR) is 68.7 cm³/mol. The summed E-state index contributed by atoms with van der Waals surface area (Å²) in [5.41, 5.74) is 1.74. The van der Waals surface area contributed by atoms with Crippen molar-refractivity contribution >= 4 is 11.3 Å². The summed E-state index contributed by atoms with van der Waals surface area (Å²) in [4.78, 5) is 4.47. The second-order valence-corrected chi connectivity index (χ2v) is 4.72. The lowest BCUT2D eigenvalue weighted by atomic mass is 10.1. The lowest BCUT2D eigenvalue weighted by Gasteiger charge is -1.99. The van der Waals surface area contributed by atoms with Crippen LogP contribution in [0.15, 0.2) is 29.6 Å². The van der Waals surface area contributed by atoms with Crippen LogP contribution in [0.4, 0.5) is 4.39 Å². The number of aromatic nitrogens is 1. The largest absolute Gasteiger partial charge is 0.311 e. The molecule has 0 aliphatic carbocycles. The van der Waals surface area contributed by atoms with Gasteiger partial charge in [-0.15, -0.1) is 11.3 Å². The molecule has 0 saturated heterocycles. The van der Waals surface area contributed by atoms with Crippen molar-refractivity contribution in [1.29, 1.82) is 0 Å². The minimum Gasteiger partial charge on any atom is -0.311 e. The van der Waals surface area contributed by atoms with Crippen LogP contribution in [-0.4, -0.2) is 11.5 Å². The number of nitrogens with zero attached hydrogens (tertiary/aromatic N) is 1. The molecule has 0 fully saturated rings. The van der Waals surface area contributed by atoms with Crippen molar-refractivity contribution in [2.45, 2.75) is 19.9 Å². The van der Waals surface area contributed by atoms with E-state index in [9.17, 15) is 4.39 Å². The summed E-state index contributed by atoms with van der Waals surface area (Å²) in [7, 11) is 0. The quantitative estimate of drug-likeness (QED) is 0.882. The van der Waals surface area contributed by atoms with Crippen molar-refractivity contribution in [3.8, 4) is 0 Å². The first-order chi connectivity index (χ1) is 8.29. The molecule has 0 saturated carbocycles. The molecule has 1 N–H and O–H groups in total. The standard InChI is InChI=1S/C13H15FN2S/c1-2-15-8-11-9-17-13(16-11)7-10-5-3-4-6-12(10)14/h3-6,9,15H,2,7-8H2,1H3. The average molecular weight is 250 g/mol. The number of nitrogens with one attached hydrogen (secondary N) is 1. The third-order valence-corrected chi connectivity index (χ3v) is 3.35. The van der Waals surface area contributed by atoms with E-state index in [-0.39, 0.29) is 5.82 Å². The van der Waals surface area contributed by atoms with E-state index in [2.05, 4.69) is 17.2 Å². The highest BCUT2D eigenvalue weighted by atomic mass is 32.1. The zero-order valence-electron chi connectivity index (χ0n) is 9.74. The summed E-state index contributed by atoms with van der Waals surface area (Å²) in [5.74, 6) is -0.157. The first-order valence-electron chi connectivity index (χ1n) is 5.67. The average Bonchev–Trinajstić information content (AvgIpc) is 2.77. The smallest absolute Gasteiger partial charge is 0.126 e. The van der Waals surface area contributed by atoms with Crippen molar-refractivity contribution in [3.63, 3.8) is 0 Å². The van der Waals surface area contributed by atoms with Gasteiger partial charge in [-0.05, 0) is 18.2 Å². The Labute approximate surface area is 105 Å². The third kappa shape index (κ3) is 3.35. The fourth-order valence-electron chi connectivity index (χ4n) is 1.57. The summed E-state index contributed by atoms with van der Waals surface area (Å²) < 4.78 is 13.4. The Bertz CT molecular complexity index is 482. The Balaban J connectivity index is 2.04. The van der Waals surface area contributed by atoms with Crippen LogP contribution in [-0.2, 0) is 13.0 Å². The van der Waals surface area contributed by atoms with E-state index in [4.69, 9.17) is 0 Å². The molecule has 0 bridgehead atoms. The van der Waals surface area contributed by atoms with Gasteiger partial charge in [0.25, 0.3) is 0 Å². The Kier molecular flexibility index (Phi) is 4.23. The summed E-state index contributed by atoms with van der Waals surface area (Å²) in [6, 6.07) is 6.85. The van der Waals surface area contributed by atoms with Gasteiger partial charge >= 0.3 is 0 Å². The fourth-order valence-corrected chi connectivity index (χ4v) is 2.39. The van der Waals surface area contributed by atoms with Crippen LogP contribution < -0.4 is 5.32 Å². The Morgan fingerprint density at radius 3 is 2.94 bits per heavy atom. The third-order valence-electron chi connectivity index (χ3n) is 2.45. The van der Waals surface area contributed by atoms with Crippen LogP contribution in [0.2, 0.25) is 0 Å². The topological polar surface area (TPSA) is 24.9 Å². The van der Waals surface area contributed by atoms with Crippen LogP contribution in [0.3, 0.4) is 0 Å². The van der Waals surface area contributed by atoms with E-state index in [1.54, 1.807) is 23.5 Å². The van der Waals surface area contributed by atoms with Gasteiger partial charge in [0.2, 0.25) is 0 Å². The van der Waals surface area contributed by atoms with Gasteiger partial charge in [0.05, 0.1) is 10.7 Å². The summed E-state index contributed by atoms with van der Waals surface area (Å²) >= 11 is 1.59. The van der Waals surface area contributed by atoms with Gasteiger partial charge in [-0.3, -0.25) is 0 Å². The molecular formula is C13H15FN2S. The maximum absolute atomic E-state index is 13.4. The van der Waals surface area contributed by atoms with E-state index in [1.165, 1.54) is 6.07 Å². The van der Waals surface area contributed by atoms with Gasteiger partial charge in [-0.25, -0.2) is 9.37 Å². The molecule has 90 valence electrons. The van der Waals surface area contributed by atoms with Gasteiger partial charge in [0.1, 0.15) is 5.82 Å². The molecule has 1 aromatic carbocycles. The monoisotopic (exact) mass is 250 g/mol. The number of hydrogen-bond donors (Lipinski definition) is 1. The van der Waals surface area contributed by atoms with Crippen molar-refractivity contribution in [2.24, 2.45) is 0 Å². The maximum Gasteiger partial charge on any atom is 0.126 e. The molecule has 0 aliphatic rings. The molecule has 1 heterocycles. The SMILES string of the molecule is CCNCc1csc(Cc2ccccc2F)n1. The molecule has 0 amide bonds. The van der Waals surface area contributed by atoms with Crippen LogP contribution in [0.25, 0.3) is 0 Å². The highest BCUT2D eigenvalue weighted by Crippen LogP contribution is 2.16. The first-order valence-corrected chi connectivity index (χ1v) is 6.55. The van der Waals surface area contributed by atoms with Crippen LogP contribution in [0.1, 0.15) is 23.2 Å². The number of thiazole rings is 1. The van der Waals surface area contributed by atoms with E-state index >= 15 is 0 Å². The molecule has 0 aliphatic heterocycles. The minimum absolute atomic E-state index is 0.157. The zero-order valence-corrected chi connectivity index (χ0v) is 10.6. The Morgan fingerprint density at radius 2 is 2.18 bits per heavy atom. The van der Waals surface area contributed by atoms with Crippen LogP contribution in [0.5, 0.6) is 0 Å². The van der Waals surface area contributed by atoms with Gasteiger partial charge in [-0.1, -0.05) is 25.1 Å². The molecular weight excluding hydrogens is 235 g/mol. The van der Waals surface area contributed by atoms with Gasteiger partial charge in [0, 0.05) is 18.3 Å². The van der Waals surface area contributed by atoms with E-state index in [0.717, 1.165) is 23.8 Å². The van der Waals surface area contributed by atoms with Crippen LogP contribution in [0, 0.1) is 5.82 Å². The highest BCUT2D eigenvalue weighted by molar-refractivity contribution is 7.09. The number of hydrogen-bond acceptors (Lipinski definition) is 3.